The summed E-state index contributed by atoms with van der Waals surface area (Å²) in [6.07, 6.45) is 0.451. The minimum Gasteiger partial charge on any atom is -0.347 e. The number of benzene rings is 1. The molecule has 1 atom stereocenters. The lowest BCUT2D eigenvalue weighted by Crippen LogP contribution is -2.43. The van der Waals surface area contributed by atoms with Crippen LogP contribution in [-0.4, -0.2) is 39.1 Å². The molecule has 1 aromatic heterocycles. The molecule has 1 unspecified atom stereocenters. The lowest BCUT2D eigenvalue weighted by Gasteiger charge is -2.31. The molecule has 1 aliphatic rings. The van der Waals surface area contributed by atoms with E-state index in [1.165, 1.54) is 0 Å². The molecule has 2 aromatic rings. The molecule has 1 aromatic carbocycles. The normalized spacial score (nSPS) is 18.8. The second kappa shape index (κ2) is 5.44. The molecule has 0 aliphatic carbocycles. The van der Waals surface area contributed by atoms with Crippen molar-refractivity contribution in [3.05, 3.63) is 30.3 Å². The van der Waals surface area contributed by atoms with Crippen LogP contribution >= 0.6 is 0 Å². The quantitative estimate of drug-likeness (QED) is 0.943. The van der Waals surface area contributed by atoms with Crippen LogP contribution in [0, 0.1) is 0 Å². The predicted octanol–water partition coefficient (Wildman–Crippen LogP) is 2.55. The van der Waals surface area contributed by atoms with E-state index in [1.807, 2.05) is 56.0 Å². The Kier molecular flexibility index (Phi) is 3.60. The fraction of sp³-hybridized carbons (Fsp3) is 0.438. The zero-order valence-electron chi connectivity index (χ0n) is 13.0. The first-order valence-electron chi connectivity index (χ1n) is 7.39. The fourth-order valence-corrected chi connectivity index (χ4v) is 2.62. The van der Waals surface area contributed by atoms with Crippen molar-refractivity contribution in [1.82, 2.24) is 15.0 Å². The van der Waals surface area contributed by atoms with E-state index < -0.39 is 0 Å². The number of rotatable bonds is 3. The second-order valence-corrected chi connectivity index (χ2v) is 6.51. The number of likely N-dealkylation sites (tertiary alicyclic amines) is 1. The summed E-state index contributed by atoms with van der Waals surface area (Å²) >= 11 is 0. The van der Waals surface area contributed by atoms with E-state index in [2.05, 4.69) is 15.5 Å². The maximum absolute atomic E-state index is 12.1. The zero-order chi connectivity index (χ0) is 15.7. The summed E-state index contributed by atoms with van der Waals surface area (Å²) in [7, 11) is 0. The Bertz CT molecular complexity index is 660. The summed E-state index contributed by atoms with van der Waals surface area (Å²) < 4.78 is 5.26. The first kappa shape index (κ1) is 14.6. The van der Waals surface area contributed by atoms with Gasteiger partial charge in [0.25, 0.3) is 11.8 Å². The van der Waals surface area contributed by atoms with Crippen molar-refractivity contribution in [3.63, 3.8) is 0 Å². The van der Waals surface area contributed by atoms with Crippen LogP contribution < -0.4 is 5.32 Å². The smallest absolute Gasteiger partial charge is 0.264 e. The summed E-state index contributed by atoms with van der Waals surface area (Å²) in [5.41, 5.74) is 0.710. The average Bonchev–Trinajstić information content (AvgIpc) is 3.07. The molecule has 1 amide bonds. The van der Waals surface area contributed by atoms with Gasteiger partial charge in [-0.3, -0.25) is 4.79 Å². The molecule has 1 N–H and O–H groups in total. The topological polar surface area (TPSA) is 71.3 Å². The van der Waals surface area contributed by atoms with Crippen LogP contribution in [0.4, 0.5) is 5.95 Å². The highest BCUT2D eigenvalue weighted by atomic mass is 16.5. The van der Waals surface area contributed by atoms with Crippen molar-refractivity contribution in [3.8, 4) is 11.5 Å². The van der Waals surface area contributed by atoms with Crippen molar-refractivity contribution in [1.29, 1.82) is 0 Å². The predicted molar refractivity (Wildman–Crippen MR) is 83.2 cm³/mol. The van der Waals surface area contributed by atoms with Crippen LogP contribution in [0.3, 0.4) is 0 Å². The standard InChI is InChI=1S/C16H20N4O2/c1-16(2,3)20-10-12(9-13(20)21)17-15-18-14(22-19-15)11-7-5-4-6-8-11/h4-8,12H,9-10H2,1-3H3,(H,17,19). The Morgan fingerprint density at radius 3 is 2.64 bits per heavy atom. The molecule has 6 heteroatoms. The van der Waals surface area contributed by atoms with Gasteiger partial charge in [-0.15, -0.1) is 0 Å². The number of carbonyl (C=O) groups is 1. The van der Waals surface area contributed by atoms with Crippen LogP contribution in [0.1, 0.15) is 27.2 Å². The number of hydrogen-bond acceptors (Lipinski definition) is 5. The first-order valence-corrected chi connectivity index (χ1v) is 7.39. The third-order valence-electron chi connectivity index (χ3n) is 3.71. The van der Waals surface area contributed by atoms with E-state index in [-0.39, 0.29) is 17.5 Å². The number of nitrogens with one attached hydrogen (secondary N) is 1. The van der Waals surface area contributed by atoms with Crippen molar-refractivity contribution in [2.45, 2.75) is 38.8 Å². The van der Waals surface area contributed by atoms with E-state index in [4.69, 9.17) is 4.52 Å². The Morgan fingerprint density at radius 1 is 1.27 bits per heavy atom. The van der Waals surface area contributed by atoms with Gasteiger partial charge in [-0.2, -0.15) is 4.98 Å². The minimum absolute atomic E-state index is 0.00736. The van der Waals surface area contributed by atoms with Crippen molar-refractivity contribution in [2.24, 2.45) is 0 Å². The monoisotopic (exact) mass is 300 g/mol. The van der Waals surface area contributed by atoms with E-state index in [0.717, 1.165) is 5.56 Å². The van der Waals surface area contributed by atoms with Gasteiger partial charge in [0.15, 0.2) is 0 Å². The number of amides is 1. The largest absolute Gasteiger partial charge is 0.347 e. The molecule has 0 radical (unpaired) electrons. The molecule has 1 fully saturated rings. The summed E-state index contributed by atoms with van der Waals surface area (Å²) in [6, 6.07) is 9.61. The van der Waals surface area contributed by atoms with E-state index >= 15 is 0 Å². The zero-order valence-corrected chi connectivity index (χ0v) is 13.0. The molecule has 1 aliphatic heterocycles. The lowest BCUT2D eigenvalue weighted by atomic mass is 10.1. The molecule has 2 heterocycles. The Morgan fingerprint density at radius 2 is 2.00 bits per heavy atom. The number of carbonyl (C=O) groups excluding carboxylic acids is 1. The second-order valence-electron chi connectivity index (χ2n) is 6.51. The van der Waals surface area contributed by atoms with Crippen LogP contribution in [-0.2, 0) is 4.79 Å². The van der Waals surface area contributed by atoms with Crippen LogP contribution in [0.15, 0.2) is 34.9 Å². The lowest BCUT2D eigenvalue weighted by molar-refractivity contribution is -0.131. The third kappa shape index (κ3) is 2.95. The highest BCUT2D eigenvalue weighted by Gasteiger charge is 2.36. The van der Waals surface area contributed by atoms with Crippen molar-refractivity contribution >= 4 is 11.9 Å². The molecule has 0 spiro atoms. The van der Waals surface area contributed by atoms with Gasteiger partial charge in [0.05, 0.1) is 6.04 Å². The van der Waals surface area contributed by atoms with Crippen LogP contribution in [0.2, 0.25) is 0 Å². The molecular formula is C16H20N4O2. The van der Waals surface area contributed by atoms with Gasteiger partial charge >= 0.3 is 0 Å². The molecule has 3 rings (SSSR count). The Labute approximate surface area is 129 Å². The maximum atomic E-state index is 12.1. The van der Waals surface area contributed by atoms with Crippen LogP contribution in [0.25, 0.3) is 11.5 Å². The first-order chi connectivity index (χ1) is 10.4. The Hall–Kier alpha value is -2.37. The third-order valence-corrected chi connectivity index (χ3v) is 3.71. The fourth-order valence-electron chi connectivity index (χ4n) is 2.62. The van der Waals surface area contributed by atoms with E-state index in [1.54, 1.807) is 0 Å². The number of aromatic nitrogens is 2. The highest BCUT2D eigenvalue weighted by Crippen LogP contribution is 2.24. The van der Waals surface area contributed by atoms with Gasteiger partial charge in [0.1, 0.15) is 0 Å². The molecule has 1 saturated heterocycles. The number of hydrogen-bond donors (Lipinski definition) is 1. The molecule has 0 saturated carbocycles. The minimum atomic E-state index is -0.167. The van der Waals surface area contributed by atoms with E-state index in [0.29, 0.717) is 24.8 Å². The average molecular weight is 300 g/mol. The van der Waals surface area contributed by atoms with Crippen LogP contribution in [0.5, 0.6) is 0 Å². The molecule has 6 nitrogen and oxygen atoms in total. The summed E-state index contributed by atoms with van der Waals surface area (Å²) in [5.74, 6) is 1.05. The van der Waals surface area contributed by atoms with Crippen molar-refractivity contribution < 1.29 is 9.32 Å². The molecule has 22 heavy (non-hydrogen) atoms. The molecule has 0 bridgehead atoms. The van der Waals surface area contributed by atoms with Gasteiger partial charge in [-0.1, -0.05) is 18.2 Å². The van der Waals surface area contributed by atoms with Gasteiger partial charge in [0.2, 0.25) is 5.91 Å². The summed E-state index contributed by atoms with van der Waals surface area (Å²) in [6.45, 7) is 6.76. The van der Waals surface area contributed by atoms with Gasteiger partial charge < -0.3 is 14.7 Å². The molecule has 116 valence electrons. The van der Waals surface area contributed by atoms with Gasteiger partial charge in [0, 0.05) is 24.1 Å². The SMILES string of the molecule is CC(C)(C)N1CC(Nc2noc(-c3ccccc3)n2)CC1=O. The van der Waals surface area contributed by atoms with Crippen molar-refractivity contribution in [2.75, 3.05) is 11.9 Å². The summed E-state index contributed by atoms with van der Waals surface area (Å²) in [4.78, 5) is 18.3. The van der Waals surface area contributed by atoms with Gasteiger partial charge in [-0.25, -0.2) is 0 Å². The Balaban J connectivity index is 1.68. The number of anilines is 1. The van der Waals surface area contributed by atoms with Gasteiger partial charge in [-0.05, 0) is 38.1 Å². The molecular weight excluding hydrogens is 280 g/mol. The van der Waals surface area contributed by atoms with E-state index in [9.17, 15) is 4.79 Å². The maximum Gasteiger partial charge on any atom is 0.264 e. The summed E-state index contributed by atoms with van der Waals surface area (Å²) in [5, 5.41) is 7.13. The number of nitrogens with zero attached hydrogens (tertiary/aromatic N) is 3. The highest BCUT2D eigenvalue weighted by molar-refractivity contribution is 5.80.